The van der Waals surface area contributed by atoms with Crippen molar-refractivity contribution in [2.75, 3.05) is 26.6 Å². The lowest BCUT2D eigenvalue weighted by atomic mass is 10.1. The first-order valence-electron chi connectivity index (χ1n) is 9.32. The number of benzene rings is 2. The Morgan fingerprint density at radius 1 is 0.906 bits per heavy atom. The molecule has 0 aliphatic heterocycles. The number of anilines is 1. The first kappa shape index (κ1) is 24.8. The van der Waals surface area contributed by atoms with Gasteiger partial charge in [0.05, 0.1) is 43.4 Å². The Morgan fingerprint density at radius 3 is 1.94 bits per heavy atom. The number of aryl methyl sites for hydroxylation is 1. The average Bonchev–Trinajstić information content (AvgIpc) is 2.77. The summed E-state index contributed by atoms with van der Waals surface area (Å²) in [5, 5.41) is 2.48. The fraction of sp³-hybridized carbons (Fsp3) is 0.286. The van der Waals surface area contributed by atoms with Crippen LogP contribution in [0.1, 0.15) is 33.2 Å². The molecule has 1 amide bonds. The van der Waals surface area contributed by atoms with E-state index in [9.17, 15) is 22.8 Å². The van der Waals surface area contributed by atoms with Gasteiger partial charge < -0.3 is 19.5 Å². The number of hydrogen-bond donors (Lipinski definition) is 2. The molecule has 11 heteroatoms. The van der Waals surface area contributed by atoms with Crippen LogP contribution in [-0.4, -0.2) is 53.6 Å². The number of carbonyl (C=O) groups excluding carboxylic acids is 3. The van der Waals surface area contributed by atoms with Gasteiger partial charge >= 0.3 is 11.9 Å². The number of rotatable bonds is 8. The molecule has 2 aromatic rings. The third-order valence-corrected chi connectivity index (χ3v) is 5.98. The summed E-state index contributed by atoms with van der Waals surface area (Å²) in [6, 6.07) is 6.97. The number of ether oxygens (including phenoxy) is 3. The van der Waals surface area contributed by atoms with Crippen molar-refractivity contribution in [3.63, 3.8) is 0 Å². The Balaban J connectivity index is 2.23. The van der Waals surface area contributed by atoms with Crippen LogP contribution < -0.4 is 14.8 Å². The van der Waals surface area contributed by atoms with Crippen molar-refractivity contribution in [2.45, 2.75) is 24.8 Å². The lowest BCUT2D eigenvalue weighted by Crippen LogP contribution is -2.41. The first-order valence-corrected chi connectivity index (χ1v) is 10.8. The van der Waals surface area contributed by atoms with E-state index in [1.54, 1.807) is 6.92 Å². The minimum Gasteiger partial charge on any atom is -0.496 e. The average molecular weight is 464 g/mol. The highest BCUT2D eigenvalue weighted by atomic mass is 32.2. The molecule has 2 aromatic carbocycles. The van der Waals surface area contributed by atoms with Gasteiger partial charge in [-0.05, 0) is 55.8 Å². The van der Waals surface area contributed by atoms with E-state index in [2.05, 4.69) is 19.5 Å². The van der Waals surface area contributed by atoms with Gasteiger partial charge in [0.25, 0.3) is 0 Å². The van der Waals surface area contributed by atoms with Crippen molar-refractivity contribution in [1.82, 2.24) is 4.72 Å². The summed E-state index contributed by atoms with van der Waals surface area (Å²) in [5.74, 6) is -1.64. The first-order chi connectivity index (χ1) is 15.0. The van der Waals surface area contributed by atoms with E-state index in [-0.39, 0.29) is 21.7 Å². The summed E-state index contributed by atoms with van der Waals surface area (Å²) in [6.07, 6.45) is 0. The van der Waals surface area contributed by atoms with Crippen LogP contribution in [0, 0.1) is 6.92 Å². The zero-order valence-electron chi connectivity index (χ0n) is 18.2. The van der Waals surface area contributed by atoms with E-state index in [4.69, 9.17) is 4.74 Å². The number of sulfonamides is 1. The molecule has 0 aliphatic rings. The van der Waals surface area contributed by atoms with Crippen molar-refractivity contribution in [2.24, 2.45) is 0 Å². The smallest absolute Gasteiger partial charge is 0.337 e. The molecule has 0 aliphatic carbocycles. The molecule has 0 saturated heterocycles. The van der Waals surface area contributed by atoms with Gasteiger partial charge in [0.1, 0.15) is 5.75 Å². The molecule has 10 nitrogen and oxygen atoms in total. The SMILES string of the molecule is COC(=O)c1cc(NC(=O)[C@H](C)NS(=O)(=O)c2ccc(OC)c(C)c2)cc(C(=O)OC)c1. The van der Waals surface area contributed by atoms with Gasteiger partial charge in [0.2, 0.25) is 15.9 Å². The van der Waals surface area contributed by atoms with Crippen LogP contribution in [0.3, 0.4) is 0 Å². The predicted molar refractivity (Wildman–Crippen MR) is 115 cm³/mol. The highest BCUT2D eigenvalue weighted by Gasteiger charge is 2.23. The molecule has 0 unspecified atom stereocenters. The van der Waals surface area contributed by atoms with Crippen LogP contribution in [0.4, 0.5) is 5.69 Å². The largest absolute Gasteiger partial charge is 0.496 e. The maximum atomic E-state index is 12.7. The number of hydrogen-bond acceptors (Lipinski definition) is 8. The predicted octanol–water partition coefficient (Wildman–Crippen LogP) is 1.88. The second-order valence-electron chi connectivity index (χ2n) is 6.75. The topological polar surface area (TPSA) is 137 Å². The highest BCUT2D eigenvalue weighted by Crippen LogP contribution is 2.22. The van der Waals surface area contributed by atoms with Gasteiger partial charge in [-0.3, -0.25) is 4.79 Å². The van der Waals surface area contributed by atoms with E-state index in [1.165, 1.54) is 64.7 Å². The minimum absolute atomic E-state index is 0.00708. The third kappa shape index (κ3) is 5.83. The summed E-state index contributed by atoms with van der Waals surface area (Å²) in [5.41, 5.74) is 0.715. The molecule has 2 rings (SSSR count). The molecule has 0 bridgehead atoms. The number of carbonyl (C=O) groups is 3. The van der Waals surface area contributed by atoms with Crippen molar-refractivity contribution in [1.29, 1.82) is 0 Å². The van der Waals surface area contributed by atoms with Crippen LogP contribution in [0.15, 0.2) is 41.3 Å². The van der Waals surface area contributed by atoms with Gasteiger partial charge in [-0.2, -0.15) is 4.72 Å². The van der Waals surface area contributed by atoms with Crippen LogP contribution in [0.5, 0.6) is 5.75 Å². The normalized spacial score (nSPS) is 11.9. The fourth-order valence-corrected chi connectivity index (χ4v) is 4.08. The van der Waals surface area contributed by atoms with Gasteiger partial charge in [0, 0.05) is 5.69 Å². The number of esters is 2. The van der Waals surface area contributed by atoms with Crippen molar-refractivity contribution < 1.29 is 37.0 Å². The third-order valence-electron chi connectivity index (χ3n) is 4.44. The molecular weight excluding hydrogens is 440 g/mol. The van der Waals surface area contributed by atoms with E-state index in [0.717, 1.165) is 0 Å². The summed E-state index contributed by atoms with van der Waals surface area (Å²) >= 11 is 0. The molecule has 0 saturated carbocycles. The maximum absolute atomic E-state index is 12.7. The standard InChI is InChI=1S/C21H24N2O8S/c1-12-8-17(6-7-18(12)29-3)32(27,28)23-13(2)19(24)22-16-10-14(20(25)30-4)9-15(11-16)21(26)31-5/h6-11,13,23H,1-5H3,(H,22,24)/t13-/m0/s1. The van der Waals surface area contributed by atoms with Gasteiger partial charge in [0.15, 0.2) is 0 Å². The van der Waals surface area contributed by atoms with Gasteiger partial charge in [-0.25, -0.2) is 18.0 Å². The van der Waals surface area contributed by atoms with Crippen LogP contribution in [0.2, 0.25) is 0 Å². The van der Waals surface area contributed by atoms with Gasteiger partial charge in [-0.1, -0.05) is 0 Å². The molecule has 0 heterocycles. The monoisotopic (exact) mass is 464 g/mol. The van der Waals surface area contributed by atoms with Crippen molar-refractivity contribution >= 4 is 33.6 Å². The molecule has 1 atom stereocenters. The second kappa shape index (κ2) is 10.2. The Morgan fingerprint density at radius 2 is 1.47 bits per heavy atom. The minimum atomic E-state index is -4.01. The Labute approximate surface area is 185 Å². The Bertz CT molecular complexity index is 1110. The van der Waals surface area contributed by atoms with E-state index >= 15 is 0 Å². The van der Waals surface area contributed by atoms with Crippen LogP contribution in [0.25, 0.3) is 0 Å². The molecular formula is C21H24N2O8S. The lowest BCUT2D eigenvalue weighted by Gasteiger charge is -2.16. The lowest BCUT2D eigenvalue weighted by molar-refractivity contribution is -0.117. The summed E-state index contributed by atoms with van der Waals surface area (Å²) in [6.45, 7) is 3.05. The summed E-state index contributed by atoms with van der Waals surface area (Å²) < 4.78 is 42.0. The van der Waals surface area contributed by atoms with Crippen molar-refractivity contribution in [3.05, 3.63) is 53.1 Å². The molecule has 172 valence electrons. The zero-order chi connectivity index (χ0) is 24.1. The Hall–Kier alpha value is -3.44. The summed E-state index contributed by atoms with van der Waals surface area (Å²) in [4.78, 5) is 36.3. The van der Waals surface area contributed by atoms with E-state index in [0.29, 0.717) is 11.3 Å². The second-order valence-corrected chi connectivity index (χ2v) is 8.46. The molecule has 0 radical (unpaired) electrons. The number of amides is 1. The number of nitrogens with one attached hydrogen (secondary N) is 2. The van der Waals surface area contributed by atoms with Crippen LogP contribution >= 0.6 is 0 Å². The quantitative estimate of drug-likeness (QED) is 0.565. The molecule has 0 fully saturated rings. The van der Waals surface area contributed by atoms with E-state index < -0.39 is 33.9 Å². The zero-order valence-corrected chi connectivity index (χ0v) is 19.0. The molecule has 0 aromatic heterocycles. The fourth-order valence-electron chi connectivity index (χ4n) is 2.79. The number of methoxy groups -OCH3 is 3. The Kier molecular flexibility index (Phi) is 7.95. The molecule has 2 N–H and O–H groups in total. The molecule has 32 heavy (non-hydrogen) atoms. The van der Waals surface area contributed by atoms with Crippen LogP contribution in [-0.2, 0) is 24.3 Å². The maximum Gasteiger partial charge on any atom is 0.337 e. The van der Waals surface area contributed by atoms with Gasteiger partial charge in [-0.15, -0.1) is 0 Å². The highest BCUT2D eigenvalue weighted by molar-refractivity contribution is 7.89. The van der Waals surface area contributed by atoms with E-state index in [1.807, 2.05) is 0 Å². The summed E-state index contributed by atoms with van der Waals surface area (Å²) in [7, 11) is -0.196. The molecule has 0 spiro atoms. The van der Waals surface area contributed by atoms with Crippen molar-refractivity contribution in [3.8, 4) is 5.75 Å².